The first kappa shape index (κ1) is 12.1. The molecule has 0 aliphatic heterocycles. The number of ether oxygens (including phenoxy) is 1. The summed E-state index contributed by atoms with van der Waals surface area (Å²) < 4.78 is 6.79. The fourth-order valence-corrected chi connectivity index (χ4v) is 1.99. The fraction of sp³-hybridized carbons (Fsp3) is 0.0714. The summed E-state index contributed by atoms with van der Waals surface area (Å²) in [5, 5.41) is 0. The van der Waals surface area contributed by atoms with Crippen LogP contribution in [0.2, 0.25) is 0 Å². The topological polar surface area (TPSA) is 26.3 Å². The van der Waals surface area contributed by atoms with Gasteiger partial charge in [0.05, 0.1) is 9.13 Å². The molecule has 0 radical (unpaired) electrons. The van der Waals surface area contributed by atoms with Crippen molar-refractivity contribution in [2.45, 2.75) is 6.92 Å². The Balaban J connectivity index is 2.37. The highest BCUT2D eigenvalue weighted by Crippen LogP contribution is 2.28. The molecule has 0 saturated carbocycles. The van der Waals surface area contributed by atoms with Gasteiger partial charge in [0.15, 0.2) is 5.78 Å². The summed E-state index contributed by atoms with van der Waals surface area (Å²) in [6, 6.07) is 15.0. The Hall–Kier alpha value is -1.36. The second-order valence-corrected chi connectivity index (χ2v) is 4.75. The van der Waals surface area contributed by atoms with Crippen LogP contribution in [-0.2, 0) is 0 Å². The predicted octanol–water partition coefficient (Wildman–Crippen LogP) is 4.29. The molecule has 17 heavy (non-hydrogen) atoms. The van der Waals surface area contributed by atoms with Gasteiger partial charge in [-0.3, -0.25) is 4.79 Å². The number of carbonyl (C=O) groups excluding carboxylic acids is 1. The molecule has 0 unspecified atom stereocenters. The van der Waals surface area contributed by atoms with E-state index in [0.717, 1.165) is 9.32 Å². The monoisotopic (exact) mass is 338 g/mol. The molecule has 86 valence electrons. The highest BCUT2D eigenvalue weighted by Gasteiger charge is 2.09. The van der Waals surface area contributed by atoms with Crippen molar-refractivity contribution < 1.29 is 9.53 Å². The molecular formula is C14H11IO2. The lowest BCUT2D eigenvalue weighted by molar-refractivity contribution is 0.101. The van der Waals surface area contributed by atoms with Crippen molar-refractivity contribution in [3.63, 3.8) is 0 Å². The summed E-state index contributed by atoms with van der Waals surface area (Å²) in [7, 11) is 0. The Bertz CT molecular complexity index is 549. The molecule has 0 aliphatic carbocycles. The maximum Gasteiger partial charge on any atom is 0.163 e. The van der Waals surface area contributed by atoms with E-state index in [0.29, 0.717) is 11.3 Å². The van der Waals surface area contributed by atoms with Crippen molar-refractivity contribution in [1.29, 1.82) is 0 Å². The van der Waals surface area contributed by atoms with Gasteiger partial charge < -0.3 is 4.74 Å². The lowest BCUT2D eigenvalue weighted by Crippen LogP contribution is -1.97. The van der Waals surface area contributed by atoms with Gasteiger partial charge in [-0.1, -0.05) is 24.3 Å². The minimum Gasteiger partial charge on any atom is -0.455 e. The molecule has 2 aromatic carbocycles. The first-order valence-corrected chi connectivity index (χ1v) is 6.28. The minimum absolute atomic E-state index is 0.00605. The van der Waals surface area contributed by atoms with Crippen LogP contribution in [0.4, 0.5) is 0 Å². The molecule has 2 rings (SSSR count). The van der Waals surface area contributed by atoms with Crippen molar-refractivity contribution in [2.24, 2.45) is 0 Å². The van der Waals surface area contributed by atoms with Gasteiger partial charge in [-0.25, -0.2) is 0 Å². The van der Waals surface area contributed by atoms with Crippen molar-refractivity contribution in [2.75, 3.05) is 0 Å². The van der Waals surface area contributed by atoms with E-state index in [1.807, 2.05) is 36.4 Å². The number of Topliss-reactive ketones (excluding diaryl/α,β-unsaturated/α-hetero) is 1. The van der Waals surface area contributed by atoms with Gasteiger partial charge >= 0.3 is 0 Å². The average Bonchev–Trinajstić information content (AvgIpc) is 2.32. The molecule has 0 saturated heterocycles. The zero-order valence-electron chi connectivity index (χ0n) is 9.31. The first-order valence-electron chi connectivity index (χ1n) is 5.21. The third-order valence-electron chi connectivity index (χ3n) is 2.32. The van der Waals surface area contributed by atoms with Crippen LogP contribution in [0.1, 0.15) is 17.3 Å². The zero-order chi connectivity index (χ0) is 12.3. The summed E-state index contributed by atoms with van der Waals surface area (Å²) in [5.74, 6) is 1.37. The largest absolute Gasteiger partial charge is 0.455 e. The lowest BCUT2D eigenvalue weighted by Gasteiger charge is -2.10. The smallest absolute Gasteiger partial charge is 0.163 e. The highest BCUT2D eigenvalue weighted by molar-refractivity contribution is 14.1. The van der Waals surface area contributed by atoms with Crippen LogP contribution in [0.5, 0.6) is 11.5 Å². The van der Waals surface area contributed by atoms with Gasteiger partial charge in [0, 0.05) is 0 Å². The molecule has 0 aromatic heterocycles. The van der Waals surface area contributed by atoms with Crippen molar-refractivity contribution in [3.05, 3.63) is 57.7 Å². The first-order chi connectivity index (χ1) is 8.18. The van der Waals surface area contributed by atoms with Crippen LogP contribution >= 0.6 is 22.6 Å². The van der Waals surface area contributed by atoms with Gasteiger partial charge in [0.1, 0.15) is 11.5 Å². The van der Waals surface area contributed by atoms with E-state index in [1.165, 1.54) is 6.92 Å². The summed E-state index contributed by atoms with van der Waals surface area (Å²) in [6.45, 7) is 1.54. The number of rotatable bonds is 3. The van der Waals surface area contributed by atoms with E-state index in [1.54, 1.807) is 12.1 Å². The number of hydrogen-bond donors (Lipinski definition) is 0. The molecule has 0 aliphatic rings. The van der Waals surface area contributed by atoms with E-state index < -0.39 is 0 Å². The molecule has 0 N–H and O–H groups in total. The van der Waals surface area contributed by atoms with Gasteiger partial charge in [-0.15, -0.1) is 0 Å². The van der Waals surface area contributed by atoms with E-state index in [-0.39, 0.29) is 5.78 Å². The van der Waals surface area contributed by atoms with Gasteiger partial charge in [-0.05, 0) is 53.8 Å². The minimum atomic E-state index is 0.00605. The van der Waals surface area contributed by atoms with Crippen molar-refractivity contribution >= 4 is 28.4 Å². The molecular weight excluding hydrogens is 327 g/mol. The number of carbonyl (C=O) groups is 1. The second-order valence-electron chi connectivity index (χ2n) is 3.58. The molecule has 3 heteroatoms. The van der Waals surface area contributed by atoms with E-state index in [9.17, 15) is 4.79 Å². The van der Waals surface area contributed by atoms with E-state index in [2.05, 4.69) is 22.6 Å². The number of para-hydroxylation sites is 2. The Morgan fingerprint density at radius 3 is 2.24 bits per heavy atom. The van der Waals surface area contributed by atoms with Crippen LogP contribution < -0.4 is 4.74 Å². The predicted molar refractivity (Wildman–Crippen MR) is 75.7 cm³/mol. The number of ketones is 1. The number of benzene rings is 2. The summed E-state index contributed by atoms with van der Waals surface area (Å²) in [6.07, 6.45) is 0. The third-order valence-corrected chi connectivity index (χ3v) is 3.21. The number of hydrogen-bond acceptors (Lipinski definition) is 2. The molecule has 2 aromatic rings. The van der Waals surface area contributed by atoms with Crippen LogP contribution in [0.25, 0.3) is 0 Å². The Labute approximate surface area is 114 Å². The van der Waals surface area contributed by atoms with E-state index >= 15 is 0 Å². The molecule has 0 atom stereocenters. The van der Waals surface area contributed by atoms with Crippen LogP contribution in [0.15, 0.2) is 48.5 Å². The maximum atomic E-state index is 11.5. The molecule has 0 bridgehead atoms. The summed E-state index contributed by atoms with van der Waals surface area (Å²) in [5.41, 5.74) is 0.604. The van der Waals surface area contributed by atoms with Gasteiger partial charge in [0.2, 0.25) is 0 Å². The fourth-order valence-electron chi connectivity index (χ4n) is 1.49. The zero-order valence-corrected chi connectivity index (χ0v) is 11.5. The van der Waals surface area contributed by atoms with E-state index in [4.69, 9.17) is 4.74 Å². The second kappa shape index (κ2) is 5.31. The van der Waals surface area contributed by atoms with Gasteiger partial charge in [0.25, 0.3) is 0 Å². The average molecular weight is 338 g/mol. The Morgan fingerprint density at radius 2 is 1.59 bits per heavy atom. The van der Waals surface area contributed by atoms with Crippen LogP contribution in [-0.4, -0.2) is 5.78 Å². The summed E-state index contributed by atoms with van der Waals surface area (Å²) in [4.78, 5) is 11.5. The lowest BCUT2D eigenvalue weighted by atomic mass is 10.1. The van der Waals surface area contributed by atoms with Crippen LogP contribution in [0, 0.1) is 3.57 Å². The normalized spacial score (nSPS) is 10.0. The molecule has 0 spiro atoms. The SMILES string of the molecule is CC(=O)c1ccccc1Oc1ccccc1I. The van der Waals surface area contributed by atoms with Crippen molar-refractivity contribution in [3.8, 4) is 11.5 Å². The maximum absolute atomic E-state index is 11.5. The van der Waals surface area contributed by atoms with Crippen LogP contribution in [0.3, 0.4) is 0 Å². The van der Waals surface area contributed by atoms with Crippen molar-refractivity contribution in [1.82, 2.24) is 0 Å². The Morgan fingerprint density at radius 1 is 1.00 bits per heavy atom. The highest BCUT2D eigenvalue weighted by atomic mass is 127. The van der Waals surface area contributed by atoms with Gasteiger partial charge in [-0.2, -0.15) is 0 Å². The quantitative estimate of drug-likeness (QED) is 0.617. The standard InChI is InChI=1S/C14H11IO2/c1-10(16)11-6-2-4-8-13(11)17-14-9-5-3-7-12(14)15/h2-9H,1H3. The number of halogens is 1. The molecule has 0 amide bonds. The summed E-state index contributed by atoms with van der Waals surface area (Å²) >= 11 is 2.21. The molecule has 0 heterocycles. The molecule has 0 fully saturated rings. The third kappa shape index (κ3) is 2.85. The molecule has 2 nitrogen and oxygen atoms in total. The Kier molecular flexibility index (Phi) is 3.78.